The molecule has 8 heteroatoms. The summed E-state index contributed by atoms with van der Waals surface area (Å²) in [5.74, 6) is 1.23. The van der Waals surface area contributed by atoms with Crippen molar-refractivity contribution in [3.63, 3.8) is 0 Å². The molecule has 5 heterocycles. The molecule has 1 fully saturated rings. The molecule has 144 valence electrons. The fourth-order valence-corrected chi connectivity index (χ4v) is 5.11. The van der Waals surface area contributed by atoms with Gasteiger partial charge in [0.15, 0.2) is 0 Å². The zero-order chi connectivity index (χ0) is 19.3. The Morgan fingerprint density at radius 1 is 1.32 bits per heavy atom. The van der Waals surface area contributed by atoms with Crippen molar-refractivity contribution in [1.82, 2.24) is 24.4 Å². The summed E-state index contributed by atoms with van der Waals surface area (Å²) >= 11 is 1.57. The van der Waals surface area contributed by atoms with Gasteiger partial charge in [-0.3, -0.25) is 9.59 Å². The van der Waals surface area contributed by atoms with Crippen molar-refractivity contribution < 1.29 is 4.79 Å². The molecular weight excluding hydrogens is 374 g/mol. The lowest BCUT2D eigenvalue weighted by Gasteiger charge is -2.42. The van der Waals surface area contributed by atoms with Crippen LogP contribution in [0.5, 0.6) is 0 Å². The number of carbonyl (C=O) groups excluding carboxylic acids is 1. The van der Waals surface area contributed by atoms with E-state index in [4.69, 9.17) is 0 Å². The third-order valence-electron chi connectivity index (χ3n) is 5.71. The molecule has 0 aromatic carbocycles. The van der Waals surface area contributed by atoms with E-state index < -0.39 is 0 Å². The first-order chi connectivity index (χ1) is 13.6. The zero-order valence-corrected chi connectivity index (χ0v) is 16.4. The van der Waals surface area contributed by atoms with Gasteiger partial charge in [0.25, 0.3) is 5.56 Å². The van der Waals surface area contributed by atoms with E-state index in [1.54, 1.807) is 23.7 Å². The smallest absolute Gasteiger partial charge is 0.261 e. The Balaban J connectivity index is 1.40. The van der Waals surface area contributed by atoms with E-state index in [2.05, 4.69) is 15.0 Å². The Morgan fingerprint density at radius 3 is 2.96 bits per heavy atom. The molecule has 0 spiro atoms. The van der Waals surface area contributed by atoms with Crippen molar-refractivity contribution in [2.75, 3.05) is 13.1 Å². The highest BCUT2D eigenvalue weighted by molar-refractivity contribution is 7.09. The molecular formula is C20H21N5O2S. The average molecular weight is 395 g/mol. The Morgan fingerprint density at radius 2 is 2.21 bits per heavy atom. The predicted octanol–water partition coefficient (Wildman–Crippen LogP) is 2.19. The van der Waals surface area contributed by atoms with Gasteiger partial charge in [-0.15, -0.1) is 11.3 Å². The summed E-state index contributed by atoms with van der Waals surface area (Å²) in [4.78, 5) is 39.4. The van der Waals surface area contributed by atoms with Crippen LogP contribution in [0.2, 0.25) is 0 Å². The minimum Gasteiger partial charge on any atom is -0.344 e. The van der Waals surface area contributed by atoms with E-state index in [1.165, 1.54) is 0 Å². The number of aromatic amines is 1. The minimum absolute atomic E-state index is 0.000116. The van der Waals surface area contributed by atoms with Crippen LogP contribution in [0.1, 0.15) is 28.7 Å². The van der Waals surface area contributed by atoms with Crippen LogP contribution in [0.3, 0.4) is 0 Å². The van der Waals surface area contributed by atoms with Gasteiger partial charge in [-0.05, 0) is 31.4 Å². The van der Waals surface area contributed by atoms with Crippen molar-refractivity contribution in [3.05, 3.63) is 56.7 Å². The molecule has 2 aliphatic heterocycles. The number of nitrogens with zero attached hydrogens (tertiary/aromatic N) is 4. The summed E-state index contributed by atoms with van der Waals surface area (Å²) in [6, 6.07) is 3.88. The van der Waals surface area contributed by atoms with Crippen LogP contribution in [0, 0.1) is 12.8 Å². The summed E-state index contributed by atoms with van der Waals surface area (Å²) in [7, 11) is 0. The number of carbonyl (C=O) groups is 1. The first-order valence-corrected chi connectivity index (χ1v) is 10.4. The molecule has 1 N–H and O–H groups in total. The largest absolute Gasteiger partial charge is 0.344 e. The third kappa shape index (κ3) is 2.97. The summed E-state index contributed by atoms with van der Waals surface area (Å²) < 4.78 is 1.89. The van der Waals surface area contributed by atoms with Crippen molar-refractivity contribution >= 4 is 17.2 Å². The first kappa shape index (κ1) is 17.4. The number of nitrogens with one attached hydrogen (secondary N) is 1. The van der Waals surface area contributed by atoms with Crippen LogP contribution in [0.15, 0.2) is 34.7 Å². The van der Waals surface area contributed by atoms with Crippen LogP contribution in [0.4, 0.5) is 0 Å². The molecule has 2 aliphatic rings. The number of H-pyrrole nitrogens is 1. The number of hydrogen-bond donors (Lipinski definition) is 1. The second kappa shape index (κ2) is 6.70. The van der Waals surface area contributed by atoms with Gasteiger partial charge in [0, 0.05) is 49.0 Å². The minimum atomic E-state index is -0.000116. The number of amides is 1. The van der Waals surface area contributed by atoms with Gasteiger partial charge in [0.1, 0.15) is 5.82 Å². The normalized spacial score (nSPS) is 20.8. The van der Waals surface area contributed by atoms with E-state index in [-0.39, 0.29) is 17.4 Å². The highest BCUT2D eigenvalue weighted by atomic mass is 32.1. The Labute approximate surface area is 166 Å². The quantitative estimate of drug-likeness (QED) is 0.737. The number of aromatic nitrogens is 4. The van der Waals surface area contributed by atoms with Crippen LogP contribution in [-0.2, 0) is 17.8 Å². The zero-order valence-electron chi connectivity index (χ0n) is 15.6. The Hall–Kier alpha value is -2.74. The van der Waals surface area contributed by atoms with Gasteiger partial charge in [0.2, 0.25) is 5.91 Å². The van der Waals surface area contributed by atoms with E-state index in [9.17, 15) is 9.59 Å². The summed E-state index contributed by atoms with van der Waals surface area (Å²) in [6.07, 6.45) is 4.76. The molecule has 7 nitrogen and oxygen atoms in total. The van der Waals surface area contributed by atoms with Gasteiger partial charge in [-0.1, -0.05) is 0 Å². The molecule has 1 saturated heterocycles. The Kier molecular flexibility index (Phi) is 4.16. The maximum atomic E-state index is 13.0. The van der Waals surface area contributed by atoms with Crippen LogP contribution in [-0.4, -0.2) is 43.4 Å². The topological polar surface area (TPSA) is 83.9 Å². The Bertz CT molecular complexity index is 1080. The van der Waals surface area contributed by atoms with Crippen LogP contribution in [0.25, 0.3) is 11.4 Å². The van der Waals surface area contributed by atoms with Crippen LogP contribution < -0.4 is 5.56 Å². The summed E-state index contributed by atoms with van der Waals surface area (Å²) in [6.45, 7) is 3.97. The maximum Gasteiger partial charge on any atom is 0.261 e. The third-order valence-corrected chi connectivity index (χ3v) is 6.53. The van der Waals surface area contributed by atoms with E-state index in [0.717, 1.165) is 22.8 Å². The van der Waals surface area contributed by atoms with Crippen molar-refractivity contribution in [2.24, 2.45) is 5.92 Å². The SMILES string of the molecule is Cc1nc(CC(=O)N2C[C@@H]3C[C@H](C2)c2ccc(-c4ncc[nH]4)c(=O)n2C3)cs1. The number of likely N-dealkylation sites (tertiary alicyclic amines) is 1. The molecule has 0 aliphatic carbocycles. The van der Waals surface area contributed by atoms with Crippen molar-refractivity contribution in [1.29, 1.82) is 0 Å². The fraction of sp³-hybridized carbons (Fsp3) is 0.400. The van der Waals surface area contributed by atoms with Crippen molar-refractivity contribution in [2.45, 2.75) is 32.2 Å². The number of rotatable bonds is 3. The number of hydrogen-bond acceptors (Lipinski definition) is 5. The van der Waals surface area contributed by atoms with Gasteiger partial charge < -0.3 is 14.5 Å². The van der Waals surface area contributed by atoms with E-state index >= 15 is 0 Å². The van der Waals surface area contributed by atoms with E-state index in [0.29, 0.717) is 43.4 Å². The van der Waals surface area contributed by atoms with Gasteiger partial charge in [0.05, 0.1) is 22.7 Å². The fourth-order valence-electron chi connectivity index (χ4n) is 4.50. The highest BCUT2D eigenvalue weighted by Crippen LogP contribution is 2.35. The molecule has 2 bridgehead atoms. The monoisotopic (exact) mass is 395 g/mol. The number of fused-ring (bicyclic) bond motifs is 4. The molecule has 0 unspecified atom stereocenters. The van der Waals surface area contributed by atoms with Crippen LogP contribution >= 0.6 is 11.3 Å². The van der Waals surface area contributed by atoms with E-state index in [1.807, 2.05) is 33.9 Å². The molecule has 5 rings (SSSR count). The molecule has 1 amide bonds. The molecule has 0 radical (unpaired) electrons. The predicted molar refractivity (Wildman–Crippen MR) is 106 cm³/mol. The van der Waals surface area contributed by atoms with Gasteiger partial charge in [-0.2, -0.15) is 0 Å². The number of imidazole rings is 1. The highest BCUT2D eigenvalue weighted by Gasteiger charge is 2.36. The van der Waals surface area contributed by atoms with Gasteiger partial charge in [-0.25, -0.2) is 9.97 Å². The number of piperidine rings is 1. The number of aryl methyl sites for hydroxylation is 1. The van der Waals surface area contributed by atoms with Crippen molar-refractivity contribution in [3.8, 4) is 11.4 Å². The molecule has 28 heavy (non-hydrogen) atoms. The van der Waals surface area contributed by atoms with Gasteiger partial charge >= 0.3 is 0 Å². The second-order valence-electron chi connectivity index (χ2n) is 7.66. The molecule has 2 atom stereocenters. The average Bonchev–Trinajstić information content (AvgIpc) is 3.34. The first-order valence-electron chi connectivity index (χ1n) is 9.50. The lowest BCUT2D eigenvalue weighted by atomic mass is 9.82. The second-order valence-corrected chi connectivity index (χ2v) is 8.72. The summed E-state index contributed by atoms with van der Waals surface area (Å²) in [5.41, 5.74) is 2.47. The lowest BCUT2D eigenvalue weighted by Crippen LogP contribution is -2.49. The number of thiazole rings is 1. The molecule has 3 aromatic rings. The maximum absolute atomic E-state index is 13.0. The molecule has 3 aromatic heterocycles. The number of pyridine rings is 1. The standard InChI is InChI=1S/C20H21N5O2S/c1-12-23-15(11-28-12)7-18(26)24-8-13-6-14(10-24)17-3-2-16(19-21-4-5-22-19)20(27)25(17)9-13/h2-5,11,13-14H,6-10H2,1H3,(H,21,22)/t13-,14+/m0/s1. The lowest BCUT2D eigenvalue weighted by molar-refractivity contribution is -0.133. The molecule has 0 saturated carbocycles. The summed E-state index contributed by atoms with van der Waals surface area (Å²) in [5, 5.41) is 2.95.